The molecule has 18 heavy (non-hydrogen) atoms. The van der Waals surface area contributed by atoms with Gasteiger partial charge in [-0.3, -0.25) is 4.57 Å². The summed E-state index contributed by atoms with van der Waals surface area (Å²) in [7, 11) is 0. The second kappa shape index (κ2) is 8.66. The molecule has 0 aliphatic heterocycles. The Balaban J connectivity index is 0.000000659. The smallest absolute Gasteiger partial charge is 0.349 e. The minimum absolute atomic E-state index is 0.102. The summed E-state index contributed by atoms with van der Waals surface area (Å²) in [5, 5.41) is 0. The maximum Gasteiger partial charge on any atom is 0.349 e. The standard InChI is InChI=1S/C9H12FN3O.2C2H6/c10-7-5-13(6-3-1-2-4-6)9(14)12-8(7)11;2*1-2/h5-6H,1-4H2,(H2,11,12,14);2*1-2H3. The first-order chi connectivity index (χ1) is 8.68. The van der Waals surface area contributed by atoms with Crippen LogP contribution in [0.1, 0.15) is 59.4 Å². The van der Waals surface area contributed by atoms with Gasteiger partial charge < -0.3 is 5.73 Å². The van der Waals surface area contributed by atoms with Crippen LogP contribution in [0, 0.1) is 5.82 Å². The Hall–Kier alpha value is -1.39. The lowest BCUT2D eigenvalue weighted by atomic mass is 10.2. The van der Waals surface area contributed by atoms with Crippen molar-refractivity contribution in [2.75, 3.05) is 5.73 Å². The van der Waals surface area contributed by atoms with E-state index >= 15 is 0 Å². The summed E-state index contributed by atoms with van der Waals surface area (Å²) in [6.07, 6.45) is 5.18. The van der Waals surface area contributed by atoms with Crippen molar-refractivity contribution >= 4 is 5.82 Å². The summed E-state index contributed by atoms with van der Waals surface area (Å²) < 4.78 is 14.4. The fourth-order valence-electron chi connectivity index (χ4n) is 1.90. The van der Waals surface area contributed by atoms with Crippen LogP contribution < -0.4 is 11.4 Å². The molecule has 2 N–H and O–H groups in total. The molecule has 1 fully saturated rings. The molecule has 5 heteroatoms. The van der Waals surface area contributed by atoms with Crippen molar-refractivity contribution in [3.05, 3.63) is 22.5 Å². The molecule has 1 saturated carbocycles. The summed E-state index contributed by atoms with van der Waals surface area (Å²) >= 11 is 0. The Labute approximate surface area is 108 Å². The SMILES string of the molecule is CC.CC.Nc1nc(=O)n(C2CCCC2)cc1F. The van der Waals surface area contributed by atoms with Crippen molar-refractivity contribution < 1.29 is 4.39 Å². The van der Waals surface area contributed by atoms with Gasteiger partial charge in [-0.05, 0) is 12.8 Å². The molecule has 0 spiro atoms. The Morgan fingerprint density at radius 1 is 1.28 bits per heavy atom. The van der Waals surface area contributed by atoms with E-state index in [0.29, 0.717) is 0 Å². The number of nitrogens with zero attached hydrogens (tertiary/aromatic N) is 2. The van der Waals surface area contributed by atoms with Crippen LogP contribution >= 0.6 is 0 Å². The number of nitrogen functional groups attached to an aromatic ring is 1. The molecule has 1 aliphatic rings. The number of hydrogen-bond donors (Lipinski definition) is 1. The van der Waals surface area contributed by atoms with Crippen molar-refractivity contribution in [3.8, 4) is 0 Å². The summed E-state index contributed by atoms with van der Waals surface area (Å²) in [5.41, 5.74) is 4.74. The molecule has 1 aromatic heterocycles. The monoisotopic (exact) mass is 257 g/mol. The molecular weight excluding hydrogens is 233 g/mol. The van der Waals surface area contributed by atoms with E-state index in [1.165, 1.54) is 10.8 Å². The van der Waals surface area contributed by atoms with Gasteiger partial charge in [0.15, 0.2) is 11.6 Å². The normalized spacial score (nSPS) is 14.3. The van der Waals surface area contributed by atoms with E-state index in [1.54, 1.807) is 0 Å². The minimum atomic E-state index is -0.614. The molecule has 0 radical (unpaired) electrons. The lowest BCUT2D eigenvalue weighted by molar-refractivity contribution is 0.472. The summed E-state index contributed by atoms with van der Waals surface area (Å²) in [6, 6.07) is 0.102. The number of nitrogens with two attached hydrogens (primary N) is 1. The number of aromatic nitrogens is 2. The van der Waals surface area contributed by atoms with Crippen LogP contribution in [0.15, 0.2) is 11.0 Å². The first kappa shape index (κ1) is 16.6. The van der Waals surface area contributed by atoms with E-state index in [-0.39, 0.29) is 11.9 Å². The molecule has 0 amide bonds. The first-order valence-corrected chi connectivity index (χ1v) is 6.72. The molecule has 0 aromatic carbocycles. The molecule has 104 valence electrons. The summed E-state index contributed by atoms with van der Waals surface area (Å²) in [5.74, 6) is -0.930. The van der Waals surface area contributed by atoms with E-state index in [1.807, 2.05) is 27.7 Å². The van der Waals surface area contributed by atoms with Gasteiger partial charge in [0.2, 0.25) is 0 Å². The number of hydrogen-bond acceptors (Lipinski definition) is 3. The van der Waals surface area contributed by atoms with Gasteiger partial charge >= 0.3 is 5.69 Å². The lowest BCUT2D eigenvalue weighted by Crippen LogP contribution is -2.27. The Morgan fingerprint density at radius 2 is 1.78 bits per heavy atom. The summed E-state index contributed by atoms with van der Waals surface area (Å²) in [4.78, 5) is 14.8. The molecule has 0 unspecified atom stereocenters. The van der Waals surface area contributed by atoms with E-state index < -0.39 is 11.5 Å². The second-order valence-electron chi connectivity index (χ2n) is 3.60. The van der Waals surface area contributed by atoms with Crippen LogP contribution in [0.5, 0.6) is 0 Å². The molecule has 1 heterocycles. The highest BCUT2D eigenvalue weighted by molar-refractivity contribution is 5.26. The third kappa shape index (κ3) is 4.13. The van der Waals surface area contributed by atoms with Gasteiger partial charge in [0.1, 0.15) is 0 Å². The van der Waals surface area contributed by atoms with Crippen molar-refractivity contribution in [1.82, 2.24) is 9.55 Å². The fourth-order valence-corrected chi connectivity index (χ4v) is 1.90. The van der Waals surface area contributed by atoms with Gasteiger partial charge in [-0.15, -0.1) is 0 Å². The predicted molar refractivity (Wildman–Crippen MR) is 73.1 cm³/mol. The van der Waals surface area contributed by atoms with Gasteiger partial charge in [0.05, 0.1) is 0 Å². The van der Waals surface area contributed by atoms with Gasteiger partial charge in [0.25, 0.3) is 0 Å². The Morgan fingerprint density at radius 3 is 2.28 bits per heavy atom. The lowest BCUT2D eigenvalue weighted by Gasteiger charge is -2.12. The maximum atomic E-state index is 13.1. The van der Waals surface area contributed by atoms with Crippen LogP contribution in [0.4, 0.5) is 10.2 Å². The second-order valence-corrected chi connectivity index (χ2v) is 3.60. The average Bonchev–Trinajstić information content (AvgIpc) is 2.92. The number of rotatable bonds is 1. The van der Waals surface area contributed by atoms with Crippen LogP contribution in [0.2, 0.25) is 0 Å². The topological polar surface area (TPSA) is 60.9 Å². The van der Waals surface area contributed by atoms with E-state index in [2.05, 4.69) is 4.98 Å². The third-order valence-electron chi connectivity index (χ3n) is 2.65. The highest BCUT2D eigenvalue weighted by Gasteiger charge is 2.19. The molecule has 0 atom stereocenters. The van der Waals surface area contributed by atoms with Crippen molar-refractivity contribution in [2.45, 2.75) is 59.4 Å². The highest BCUT2D eigenvalue weighted by atomic mass is 19.1. The van der Waals surface area contributed by atoms with E-state index in [0.717, 1.165) is 25.7 Å². The fraction of sp³-hybridized carbons (Fsp3) is 0.692. The highest BCUT2D eigenvalue weighted by Crippen LogP contribution is 2.28. The third-order valence-corrected chi connectivity index (χ3v) is 2.65. The van der Waals surface area contributed by atoms with Crippen molar-refractivity contribution in [3.63, 3.8) is 0 Å². The minimum Gasteiger partial charge on any atom is -0.381 e. The first-order valence-electron chi connectivity index (χ1n) is 6.72. The van der Waals surface area contributed by atoms with E-state index in [4.69, 9.17) is 5.73 Å². The quantitative estimate of drug-likeness (QED) is 0.840. The van der Waals surface area contributed by atoms with Crippen LogP contribution in [0.25, 0.3) is 0 Å². The van der Waals surface area contributed by atoms with E-state index in [9.17, 15) is 9.18 Å². The molecule has 2 rings (SSSR count). The molecule has 0 bridgehead atoms. The zero-order valence-corrected chi connectivity index (χ0v) is 11.7. The average molecular weight is 257 g/mol. The van der Waals surface area contributed by atoms with Crippen LogP contribution in [-0.2, 0) is 0 Å². The van der Waals surface area contributed by atoms with Gasteiger partial charge in [-0.25, -0.2) is 9.18 Å². The molecule has 1 aliphatic carbocycles. The molecular formula is C13H24FN3O. The van der Waals surface area contributed by atoms with Crippen LogP contribution in [0.3, 0.4) is 0 Å². The van der Waals surface area contributed by atoms with Crippen molar-refractivity contribution in [2.24, 2.45) is 0 Å². The zero-order chi connectivity index (χ0) is 14.1. The Bertz CT molecular complexity index is 398. The molecule has 4 nitrogen and oxygen atoms in total. The largest absolute Gasteiger partial charge is 0.381 e. The zero-order valence-electron chi connectivity index (χ0n) is 11.7. The number of anilines is 1. The molecule has 1 aromatic rings. The Kier molecular flexibility index (Phi) is 8.00. The maximum absolute atomic E-state index is 13.1. The molecule has 0 saturated heterocycles. The van der Waals surface area contributed by atoms with Gasteiger partial charge in [0, 0.05) is 12.2 Å². The summed E-state index contributed by atoms with van der Waals surface area (Å²) in [6.45, 7) is 8.00. The predicted octanol–water partition coefficient (Wildman–Crippen LogP) is 3.13. The van der Waals surface area contributed by atoms with Gasteiger partial charge in [-0.1, -0.05) is 40.5 Å². The number of halogens is 1. The van der Waals surface area contributed by atoms with Crippen molar-refractivity contribution in [1.29, 1.82) is 0 Å². The van der Waals surface area contributed by atoms with Gasteiger partial charge in [-0.2, -0.15) is 4.98 Å². The van der Waals surface area contributed by atoms with Crippen LogP contribution in [-0.4, -0.2) is 9.55 Å².